The summed E-state index contributed by atoms with van der Waals surface area (Å²) in [6.45, 7) is 2.97. The summed E-state index contributed by atoms with van der Waals surface area (Å²) in [6, 6.07) is 11.5. The summed E-state index contributed by atoms with van der Waals surface area (Å²) in [7, 11) is -3.57. The lowest BCUT2D eigenvalue weighted by Gasteiger charge is -2.36. The summed E-state index contributed by atoms with van der Waals surface area (Å²) in [5.74, 6) is -0.378. The number of sulfonamides is 1. The Morgan fingerprint density at radius 2 is 1.77 bits per heavy atom. The lowest BCUT2D eigenvalue weighted by Crippen LogP contribution is -2.53. The fourth-order valence-electron chi connectivity index (χ4n) is 3.20. The number of rotatable bonds is 6. The number of hydrogen-bond donors (Lipinski definition) is 1. The number of benzene rings is 2. The third-order valence-electron chi connectivity index (χ3n) is 5.00. The van der Waals surface area contributed by atoms with E-state index >= 15 is 0 Å². The number of anilines is 1. The lowest BCUT2D eigenvalue weighted by atomic mass is 10.2. The predicted molar refractivity (Wildman–Crippen MR) is 113 cm³/mol. The van der Waals surface area contributed by atoms with Crippen LogP contribution in [0.4, 0.5) is 11.4 Å². The molecule has 2 aromatic carbocycles. The second kappa shape index (κ2) is 9.09. The maximum atomic E-state index is 12.7. The van der Waals surface area contributed by atoms with E-state index in [0.29, 0.717) is 13.1 Å². The molecule has 9 nitrogen and oxygen atoms in total. The Morgan fingerprint density at radius 1 is 1.13 bits per heavy atom. The Bertz CT molecular complexity index is 1040. The molecule has 1 heterocycles. The maximum absolute atomic E-state index is 12.7. The molecule has 1 fully saturated rings. The molecule has 0 aliphatic carbocycles. The minimum absolute atomic E-state index is 0.160. The van der Waals surface area contributed by atoms with Gasteiger partial charge < -0.3 is 5.32 Å². The van der Waals surface area contributed by atoms with Gasteiger partial charge in [0.15, 0.2) is 0 Å². The fraction of sp³-hybridized carbons (Fsp3) is 0.316. The van der Waals surface area contributed by atoms with Crippen LogP contribution in [0, 0.1) is 10.1 Å². The topological polar surface area (TPSA) is 113 Å². The van der Waals surface area contributed by atoms with Crippen molar-refractivity contribution in [3.05, 3.63) is 63.7 Å². The van der Waals surface area contributed by atoms with Gasteiger partial charge in [-0.25, -0.2) is 8.42 Å². The number of halogens is 1. The van der Waals surface area contributed by atoms with Gasteiger partial charge >= 0.3 is 0 Å². The summed E-state index contributed by atoms with van der Waals surface area (Å²) >= 11 is 6.04. The first-order chi connectivity index (χ1) is 14.2. The third-order valence-corrected chi connectivity index (χ3v) is 7.24. The fourth-order valence-corrected chi connectivity index (χ4v) is 4.81. The second-order valence-corrected chi connectivity index (χ2v) is 9.18. The van der Waals surface area contributed by atoms with Crippen molar-refractivity contribution in [1.82, 2.24) is 9.21 Å². The number of non-ortho nitro benzene ring substituents is 1. The number of carbonyl (C=O) groups excluding carboxylic acids is 1. The van der Waals surface area contributed by atoms with E-state index in [1.54, 1.807) is 37.3 Å². The van der Waals surface area contributed by atoms with Gasteiger partial charge in [0.25, 0.3) is 5.69 Å². The molecular formula is C19H21ClN4O5S. The van der Waals surface area contributed by atoms with Crippen LogP contribution in [0.15, 0.2) is 53.4 Å². The zero-order chi connectivity index (χ0) is 21.9. The van der Waals surface area contributed by atoms with Crippen molar-refractivity contribution in [1.29, 1.82) is 0 Å². The maximum Gasteiger partial charge on any atom is 0.271 e. The van der Waals surface area contributed by atoms with E-state index in [0.717, 1.165) is 0 Å². The Kier molecular flexibility index (Phi) is 6.71. The summed E-state index contributed by atoms with van der Waals surface area (Å²) in [5, 5.41) is 13.7. The Morgan fingerprint density at radius 3 is 2.37 bits per heavy atom. The van der Waals surface area contributed by atoms with E-state index in [-0.39, 0.29) is 40.3 Å². The van der Waals surface area contributed by atoms with Gasteiger partial charge in [0.05, 0.1) is 26.6 Å². The van der Waals surface area contributed by atoms with Crippen LogP contribution in [0.25, 0.3) is 0 Å². The van der Waals surface area contributed by atoms with Crippen LogP contribution in [0.3, 0.4) is 0 Å². The van der Waals surface area contributed by atoms with Crippen LogP contribution in [-0.2, 0) is 14.8 Å². The third kappa shape index (κ3) is 4.78. The molecule has 0 bridgehead atoms. The van der Waals surface area contributed by atoms with Gasteiger partial charge in [0.2, 0.25) is 15.9 Å². The van der Waals surface area contributed by atoms with Crippen LogP contribution in [0.2, 0.25) is 5.02 Å². The van der Waals surface area contributed by atoms with E-state index in [1.807, 2.05) is 4.90 Å². The summed E-state index contributed by atoms with van der Waals surface area (Å²) in [6.07, 6.45) is 0. The van der Waals surface area contributed by atoms with E-state index in [2.05, 4.69) is 5.32 Å². The highest BCUT2D eigenvalue weighted by Crippen LogP contribution is 2.27. The molecular weight excluding hydrogens is 432 g/mol. The van der Waals surface area contributed by atoms with Gasteiger partial charge in [-0.15, -0.1) is 0 Å². The minimum atomic E-state index is -3.57. The summed E-state index contributed by atoms with van der Waals surface area (Å²) < 4.78 is 26.8. The first kappa shape index (κ1) is 22.2. The van der Waals surface area contributed by atoms with Gasteiger partial charge in [0.1, 0.15) is 0 Å². The number of nitro groups is 1. The first-order valence-electron chi connectivity index (χ1n) is 9.24. The summed E-state index contributed by atoms with van der Waals surface area (Å²) in [5.41, 5.74) is -0.0184. The van der Waals surface area contributed by atoms with E-state index in [9.17, 15) is 23.3 Å². The zero-order valence-electron chi connectivity index (χ0n) is 16.2. The van der Waals surface area contributed by atoms with Crippen molar-refractivity contribution in [2.45, 2.75) is 17.9 Å². The van der Waals surface area contributed by atoms with Crippen LogP contribution < -0.4 is 5.32 Å². The van der Waals surface area contributed by atoms with Crippen LogP contribution in [0.1, 0.15) is 6.92 Å². The lowest BCUT2D eigenvalue weighted by molar-refractivity contribution is -0.384. The predicted octanol–water partition coefficient (Wildman–Crippen LogP) is 2.58. The van der Waals surface area contributed by atoms with Crippen LogP contribution in [-0.4, -0.2) is 60.7 Å². The Hall–Kier alpha value is -2.53. The van der Waals surface area contributed by atoms with Crippen molar-refractivity contribution in [2.24, 2.45) is 0 Å². The average molecular weight is 453 g/mol. The zero-order valence-corrected chi connectivity index (χ0v) is 17.8. The quantitative estimate of drug-likeness (QED) is 0.532. The Balaban J connectivity index is 1.63. The first-order valence-corrected chi connectivity index (χ1v) is 11.1. The molecule has 1 unspecified atom stereocenters. The number of nitro benzene ring substituents is 1. The molecule has 160 valence electrons. The number of carbonyl (C=O) groups is 1. The molecule has 1 N–H and O–H groups in total. The molecule has 1 aliphatic heterocycles. The monoisotopic (exact) mass is 452 g/mol. The number of nitrogens with one attached hydrogen (secondary N) is 1. The Labute approximate surface area is 179 Å². The number of piperazine rings is 1. The summed E-state index contributed by atoms with van der Waals surface area (Å²) in [4.78, 5) is 25.1. The van der Waals surface area contributed by atoms with Gasteiger partial charge in [-0.2, -0.15) is 4.31 Å². The van der Waals surface area contributed by atoms with Gasteiger partial charge in [-0.05, 0) is 25.1 Å². The smallest absolute Gasteiger partial charge is 0.271 e. The molecule has 11 heteroatoms. The molecule has 1 amide bonds. The van der Waals surface area contributed by atoms with Crippen LogP contribution >= 0.6 is 11.6 Å². The molecule has 0 aromatic heterocycles. The molecule has 1 saturated heterocycles. The second-order valence-electron chi connectivity index (χ2n) is 6.84. The molecule has 3 rings (SSSR count). The van der Waals surface area contributed by atoms with E-state index < -0.39 is 21.0 Å². The number of amides is 1. The molecule has 30 heavy (non-hydrogen) atoms. The van der Waals surface area contributed by atoms with Crippen LogP contribution in [0.5, 0.6) is 0 Å². The highest BCUT2D eigenvalue weighted by molar-refractivity contribution is 7.89. The van der Waals surface area contributed by atoms with Gasteiger partial charge in [-0.1, -0.05) is 29.8 Å². The number of nitrogens with zero attached hydrogens (tertiary/aromatic N) is 3. The molecule has 1 aliphatic rings. The van der Waals surface area contributed by atoms with Gasteiger partial charge in [-0.3, -0.25) is 19.8 Å². The number of hydrogen-bond acceptors (Lipinski definition) is 6. The normalized spacial score (nSPS) is 16.7. The molecule has 0 saturated carbocycles. The van der Waals surface area contributed by atoms with E-state index in [1.165, 1.54) is 22.5 Å². The SMILES string of the molecule is CC(C(=O)Nc1cc([N+](=O)[O-])ccc1Cl)N1CCN(S(=O)(=O)c2ccccc2)CC1. The molecule has 0 radical (unpaired) electrons. The van der Waals surface area contributed by atoms with Crippen molar-refractivity contribution in [3.8, 4) is 0 Å². The minimum Gasteiger partial charge on any atom is -0.323 e. The average Bonchev–Trinajstić information content (AvgIpc) is 2.75. The largest absolute Gasteiger partial charge is 0.323 e. The highest BCUT2D eigenvalue weighted by Gasteiger charge is 2.32. The van der Waals surface area contributed by atoms with E-state index in [4.69, 9.17) is 11.6 Å². The van der Waals surface area contributed by atoms with Crippen molar-refractivity contribution >= 4 is 38.9 Å². The standard InChI is InChI=1S/C19H21ClN4O5S/c1-14(19(25)21-18-13-15(24(26)27)7-8-17(18)20)22-9-11-23(12-10-22)30(28,29)16-5-3-2-4-6-16/h2-8,13-14H,9-12H2,1H3,(H,21,25). The van der Waals surface area contributed by atoms with Gasteiger partial charge in [0, 0.05) is 38.3 Å². The molecule has 0 spiro atoms. The van der Waals surface area contributed by atoms with Crippen molar-refractivity contribution in [2.75, 3.05) is 31.5 Å². The van der Waals surface area contributed by atoms with Crippen molar-refractivity contribution in [3.63, 3.8) is 0 Å². The van der Waals surface area contributed by atoms with Crippen molar-refractivity contribution < 1.29 is 18.1 Å². The molecule has 1 atom stereocenters. The molecule has 2 aromatic rings. The highest BCUT2D eigenvalue weighted by atomic mass is 35.5.